The smallest absolute Gasteiger partial charge is 0.165 e. The van der Waals surface area contributed by atoms with Crippen LogP contribution in [0, 0.1) is 11.6 Å². The standard InChI is InChI=1S/C18H20F2O2/c1-3-5-10-22-18-9-7-14(12-16(18)20)13-6-8-17(21-4-2)15(19)11-13/h6-9,11-12H,3-5,10H2,1-2H3. The number of halogens is 2. The Bertz CT molecular complexity index is 626. The third kappa shape index (κ3) is 3.97. The predicted molar refractivity (Wildman–Crippen MR) is 83.4 cm³/mol. The van der Waals surface area contributed by atoms with E-state index in [9.17, 15) is 8.78 Å². The van der Waals surface area contributed by atoms with Gasteiger partial charge in [-0.1, -0.05) is 25.5 Å². The molecule has 0 atom stereocenters. The van der Waals surface area contributed by atoms with Crippen LogP contribution in [0.1, 0.15) is 26.7 Å². The Kier molecular flexibility index (Phi) is 5.75. The van der Waals surface area contributed by atoms with Crippen LogP contribution in [-0.2, 0) is 0 Å². The van der Waals surface area contributed by atoms with Crippen molar-refractivity contribution in [2.75, 3.05) is 13.2 Å². The Balaban J connectivity index is 2.19. The molecule has 0 aliphatic heterocycles. The Morgan fingerprint density at radius 3 is 1.82 bits per heavy atom. The summed E-state index contributed by atoms with van der Waals surface area (Å²) in [5.74, 6) is -0.472. The van der Waals surface area contributed by atoms with E-state index in [0.717, 1.165) is 12.8 Å². The zero-order valence-electron chi connectivity index (χ0n) is 12.9. The molecule has 118 valence electrons. The van der Waals surface area contributed by atoms with Crippen LogP contribution in [0.5, 0.6) is 11.5 Å². The van der Waals surface area contributed by atoms with E-state index < -0.39 is 11.6 Å². The van der Waals surface area contributed by atoms with Crippen LogP contribution in [0.3, 0.4) is 0 Å². The van der Waals surface area contributed by atoms with Gasteiger partial charge in [-0.25, -0.2) is 8.78 Å². The van der Waals surface area contributed by atoms with Gasteiger partial charge in [-0.05, 0) is 48.7 Å². The molecule has 0 bridgehead atoms. The number of hydrogen-bond acceptors (Lipinski definition) is 2. The lowest BCUT2D eigenvalue weighted by atomic mass is 10.0. The molecule has 2 aromatic carbocycles. The average molecular weight is 306 g/mol. The highest BCUT2D eigenvalue weighted by atomic mass is 19.1. The highest BCUT2D eigenvalue weighted by molar-refractivity contribution is 5.65. The van der Waals surface area contributed by atoms with Gasteiger partial charge in [0.2, 0.25) is 0 Å². The Morgan fingerprint density at radius 2 is 1.36 bits per heavy atom. The SMILES string of the molecule is CCCCOc1ccc(-c2ccc(OCC)c(F)c2)cc1F. The van der Waals surface area contributed by atoms with Crippen molar-refractivity contribution in [3.05, 3.63) is 48.0 Å². The fourth-order valence-electron chi connectivity index (χ4n) is 2.08. The molecule has 0 saturated heterocycles. The number of rotatable bonds is 7. The molecule has 0 radical (unpaired) electrons. The van der Waals surface area contributed by atoms with E-state index >= 15 is 0 Å². The maximum absolute atomic E-state index is 14.0. The van der Waals surface area contributed by atoms with Gasteiger partial charge in [0.05, 0.1) is 13.2 Å². The molecule has 2 nitrogen and oxygen atoms in total. The van der Waals surface area contributed by atoms with Crippen molar-refractivity contribution in [3.63, 3.8) is 0 Å². The lowest BCUT2D eigenvalue weighted by Gasteiger charge is -2.10. The molecule has 0 N–H and O–H groups in total. The summed E-state index contributed by atoms with van der Waals surface area (Å²) in [5, 5.41) is 0. The first kappa shape index (κ1) is 16.3. The minimum Gasteiger partial charge on any atom is -0.491 e. The van der Waals surface area contributed by atoms with Crippen LogP contribution in [0.25, 0.3) is 11.1 Å². The van der Waals surface area contributed by atoms with Gasteiger partial charge in [-0.3, -0.25) is 0 Å². The number of unbranched alkanes of at least 4 members (excludes halogenated alkanes) is 1. The van der Waals surface area contributed by atoms with Crippen molar-refractivity contribution in [1.82, 2.24) is 0 Å². The maximum Gasteiger partial charge on any atom is 0.165 e. The van der Waals surface area contributed by atoms with E-state index in [-0.39, 0.29) is 11.5 Å². The van der Waals surface area contributed by atoms with E-state index in [1.807, 2.05) is 6.92 Å². The van der Waals surface area contributed by atoms with Gasteiger partial charge in [-0.2, -0.15) is 0 Å². The minimum absolute atomic E-state index is 0.200. The lowest BCUT2D eigenvalue weighted by molar-refractivity contribution is 0.294. The average Bonchev–Trinajstić information content (AvgIpc) is 2.51. The molecule has 2 rings (SSSR count). The summed E-state index contributed by atoms with van der Waals surface area (Å²) in [6.45, 7) is 4.72. The number of hydrogen-bond donors (Lipinski definition) is 0. The summed E-state index contributed by atoms with van der Waals surface area (Å²) < 4.78 is 38.4. The molecule has 2 aromatic rings. The quantitative estimate of drug-likeness (QED) is 0.654. The van der Waals surface area contributed by atoms with Crippen LogP contribution < -0.4 is 9.47 Å². The van der Waals surface area contributed by atoms with Crippen molar-refractivity contribution in [1.29, 1.82) is 0 Å². The van der Waals surface area contributed by atoms with Gasteiger partial charge in [0, 0.05) is 0 Å². The fraction of sp³-hybridized carbons (Fsp3) is 0.333. The normalized spacial score (nSPS) is 10.5. The second kappa shape index (κ2) is 7.78. The summed E-state index contributed by atoms with van der Waals surface area (Å²) in [6, 6.07) is 9.26. The summed E-state index contributed by atoms with van der Waals surface area (Å²) in [4.78, 5) is 0. The third-order valence-corrected chi connectivity index (χ3v) is 3.25. The fourth-order valence-corrected chi connectivity index (χ4v) is 2.08. The highest BCUT2D eigenvalue weighted by Crippen LogP contribution is 2.29. The van der Waals surface area contributed by atoms with Gasteiger partial charge in [0.15, 0.2) is 23.1 Å². The van der Waals surface area contributed by atoms with Crippen LogP contribution in [0.4, 0.5) is 8.78 Å². The van der Waals surface area contributed by atoms with E-state index in [2.05, 4.69) is 0 Å². The molecular weight excluding hydrogens is 286 g/mol. The monoisotopic (exact) mass is 306 g/mol. The van der Waals surface area contributed by atoms with Crippen molar-refractivity contribution in [3.8, 4) is 22.6 Å². The van der Waals surface area contributed by atoms with Gasteiger partial charge in [0.1, 0.15) is 0 Å². The lowest BCUT2D eigenvalue weighted by Crippen LogP contribution is -1.99. The van der Waals surface area contributed by atoms with E-state index in [4.69, 9.17) is 9.47 Å². The molecule has 0 fully saturated rings. The molecule has 4 heteroatoms. The second-order valence-electron chi connectivity index (χ2n) is 4.93. The second-order valence-corrected chi connectivity index (χ2v) is 4.93. The molecule has 0 aliphatic rings. The molecular formula is C18H20F2O2. The van der Waals surface area contributed by atoms with E-state index in [0.29, 0.717) is 24.3 Å². The first-order valence-corrected chi connectivity index (χ1v) is 7.50. The third-order valence-electron chi connectivity index (χ3n) is 3.25. The van der Waals surface area contributed by atoms with Gasteiger partial charge in [0.25, 0.3) is 0 Å². The summed E-state index contributed by atoms with van der Waals surface area (Å²) >= 11 is 0. The van der Waals surface area contributed by atoms with Crippen LogP contribution in [0.15, 0.2) is 36.4 Å². The van der Waals surface area contributed by atoms with Crippen molar-refractivity contribution < 1.29 is 18.3 Å². The topological polar surface area (TPSA) is 18.5 Å². The molecule has 0 heterocycles. The first-order chi connectivity index (χ1) is 10.7. The van der Waals surface area contributed by atoms with Crippen molar-refractivity contribution >= 4 is 0 Å². The van der Waals surface area contributed by atoms with Gasteiger partial charge in [-0.15, -0.1) is 0 Å². The Hall–Kier alpha value is -2.10. The van der Waals surface area contributed by atoms with Crippen molar-refractivity contribution in [2.45, 2.75) is 26.7 Å². The maximum atomic E-state index is 14.0. The first-order valence-electron chi connectivity index (χ1n) is 7.50. The van der Waals surface area contributed by atoms with Gasteiger partial charge >= 0.3 is 0 Å². The van der Waals surface area contributed by atoms with Crippen molar-refractivity contribution in [2.24, 2.45) is 0 Å². The summed E-state index contributed by atoms with van der Waals surface area (Å²) in [5.41, 5.74) is 1.20. The van der Waals surface area contributed by atoms with Crippen LogP contribution in [0.2, 0.25) is 0 Å². The molecule has 0 spiro atoms. The minimum atomic E-state index is -0.456. The molecule has 0 unspecified atom stereocenters. The van der Waals surface area contributed by atoms with E-state index in [1.165, 1.54) is 12.1 Å². The molecule has 0 amide bonds. The molecule has 0 saturated carbocycles. The largest absolute Gasteiger partial charge is 0.491 e. The van der Waals surface area contributed by atoms with Crippen LogP contribution in [-0.4, -0.2) is 13.2 Å². The molecule has 0 aliphatic carbocycles. The number of ether oxygens (including phenoxy) is 2. The zero-order chi connectivity index (χ0) is 15.9. The van der Waals surface area contributed by atoms with Crippen LogP contribution >= 0.6 is 0 Å². The Morgan fingerprint density at radius 1 is 0.818 bits per heavy atom. The molecule has 0 aromatic heterocycles. The predicted octanol–water partition coefficient (Wildman–Crippen LogP) is 5.21. The highest BCUT2D eigenvalue weighted by Gasteiger charge is 2.09. The zero-order valence-corrected chi connectivity index (χ0v) is 12.9. The summed E-state index contributed by atoms with van der Waals surface area (Å²) in [6.07, 6.45) is 1.87. The Labute approximate surface area is 129 Å². The van der Waals surface area contributed by atoms with Gasteiger partial charge < -0.3 is 9.47 Å². The molecule has 22 heavy (non-hydrogen) atoms. The summed E-state index contributed by atoms with van der Waals surface area (Å²) in [7, 11) is 0. The van der Waals surface area contributed by atoms with E-state index in [1.54, 1.807) is 31.2 Å². The number of benzene rings is 2.